The molecule has 6 heteroatoms. The highest BCUT2D eigenvalue weighted by Gasteiger charge is 2.13. The highest BCUT2D eigenvalue weighted by Crippen LogP contribution is 2.24. The van der Waals surface area contributed by atoms with Gasteiger partial charge in [0.2, 0.25) is 0 Å². The summed E-state index contributed by atoms with van der Waals surface area (Å²) >= 11 is 0. The number of aromatic nitrogens is 1. The minimum atomic E-state index is -0.374. The molecule has 152 valence electrons. The molecule has 1 aromatic heterocycles. The molecule has 0 spiro atoms. The average molecular weight is 396 g/mol. The molecule has 1 heterocycles. The van der Waals surface area contributed by atoms with E-state index >= 15 is 0 Å². The first-order valence-corrected chi connectivity index (χ1v) is 9.80. The second-order valence-corrected chi connectivity index (χ2v) is 6.56. The van der Waals surface area contributed by atoms with Crippen LogP contribution in [0.25, 0.3) is 11.3 Å². The van der Waals surface area contributed by atoms with Crippen LogP contribution in [0.4, 0.5) is 10.1 Å². The van der Waals surface area contributed by atoms with Crippen molar-refractivity contribution in [3.8, 4) is 11.3 Å². The summed E-state index contributed by atoms with van der Waals surface area (Å²) < 4.78 is 24.9. The zero-order valence-electron chi connectivity index (χ0n) is 16.7. The number of para-hydroxylation sites is 1. The van der Waals surface area contributed by atoms with Gasteiger partial charge >= 0.3 is 5.97 Å². The largest absolute Gasteiger partial charge is 0.461 e. The van der Waals surface area contributed by atoms with Gasteiger partial charge in [0, 0.05) is 30.8 Å². The fourth-order valence-electron chi connectivity index (χ4n) is 3.16. The van der Waals surface area contributed by atoms with Crippen LogP contribution < -0.4 is 4.90 Å². The van der Waals surface area contributed by atoms with Crippen molar-refractivity contribution in [2.75, 3.05) is 18.0 Å². The number of anilines is 1. The van der Waals surface area contributed by atoms with E-state index in [-0.39, 0.29) is 24.8 Å². The molecule has 5 nitrogen and oxygen atoms in total. The van der Waals surface area contributed by atoms with Crippen LogP contribution in [0.15, 0.2) is 59.1 Å². The van der Waals surface area contributed by atoms with Gasteiger partial charge in [-0.1, -0.05) is 30.3 Å². The summed E-state index contributed by atoms with van der Waals surface area (Å²) in [5.74, 6) is 0.0230. The van der Waals surface area contributed by atoms with Crippen molar-refractivity contribution in [2.24, 2.45) is 0 Å². The molecule has 0 saturated carbocycles. The monoisotopic (exact) mass is 396 g/mol. The molecule has 0 bridgehead atoms. The molecule has 0 aliphatic heterocycles. The Balaban J connectivity index is 1.55. The third-order valence-electron chi connectivity index (χ3n) is 4.72. The Morgan fingerprint density at radius 2 is 1.83 bits per heavy atom. The molecular formula is C23H25FN2O3. The molecule has 3 aromatic rings. The van der Waals surface area contributed by atoms with Crippen LogP contribution in [0.3, 0.4) is 0 Å². The number of carbonyl (C=O) groups is 1. The second kappa shape index (κ2) is 9.87. The lowest BCUT2D eigenvalue weighted by atomic mass is 10.1. The molecule has 0 radical (unpaired) electrons. The highest BCUT2D eigenvalue weighted by molar-refractivity contribution is 5.70. The van der Waals surface area contributed by atoms with Gasteiger partial charge in [-0.25, -0.2) is 9.37 Å². The van der Waals surface area contributed by atoms with E-state index in [1.54, 1.807) is 18.2 Å². The lowest BCUT2D eigenvalue weighted by molar-refractivity contribution is -0.145. The molecule has 0 N–H and O–H groups in total. The van der Waals surface area contributed by atoms with Gasteiger partial charge in [-0.15, -0.1) is 0 Å². The lowest BCUT2D eigenvalue weighted by Crippen LogP contribution is -2.23. The zero-order chi connectivity index (χ0) is 20.6. The van der Waals surface area contributed by atoms with E-state index in [4.69, 9.17) is 9.15 Å². The van der Waals surface area contributed by atoms with Crippen molar-refractivity contribution < 1.29 is 18.3 Å². The molecule has 2 aromatic carbocycles. The van der Waals surface area contributed by atoms with Gasteiger partial charge < -0.3 is 14.1 Å². The van der Waals surface area contributed by atoms with E-state index in [2.05, 4.69) is 23.7 Å². The van der Waals surface area contributed by atoms with E-state index in [9.17, 15) is 9.18 Å². The number of esters is 1. The Kier molecular flexibility index (Phi) is 7.00. The minimum absolute atomic E-state index is 0.144. The Morgan fingerprint density at radius 3 is 2.59 bits per heavy atom. The number of hydrogen-bond donors (Lipinski definition) is 0. The summed E-state index contributed by atoms with van der Waals surface area (Å²) in [6, 6.07) is 14.3. The number of oxazole rings is 1. The van der Waals surface area contributed by atoms with Crippen LogP contribution in [-0.4, -0.2) is 24.0 Å². The second-order valence-electron chi connectivity index (χ2n) is 6.56. The number of halogens is 1. The molecule has 0 unspecified atom stereocenters. The summed E-state index contributed by atoms with van der Waals surface area (Å²) in [5.41, 5.74) is 2.40. The standard InChI is InChI=1S/C23H25FN2O3/c1-3-26(4-2)20-12-8-5-9-17(20)16-28-23(27)14-13-22-25-15-21(29-22)18-10-6-7-11-19(18)24/h5-12,15H,3-4,13-14,16H2,1-2H3. The van der Waals surface area contributed by atoms with Gasteiger partial charge in [-0.3, -0.25) is 4.79 Å². The quantitative estimate of drug-likeness (QED) is 0.476. The predicted molar refractivity (Wildman–Crippen MR) is 110 cm³/mol. The van der Waals surface area contributed by atoms with E-state index in [0.717, 1.165) is 24.3 Å². The molecule has 0 atom stereocenters. The van der Waals surface area contributed by atoms with Gasteiger partial charge in [0.1, 0.15) is 12.4 Å². The number of aryl methyl sites for hydroxylation is 1. The Bertz CT molecular complexity index is 951. The number of rotatable bonds is 9. The maximum Gasteiger partial charge on any atom is 0.306 e. The number of benzene rings is 2. The Labute approximate surface area is 170 Å². The first kappa shape index (κ1) is 20.6. The number of hydrogen-bond acceptors (Lipinski definition) is 5. The number of carbonyl (C=O) groups excluding carboxylic acids is 1. The Morgan fingerprint density at radius 1 is 1.10 bits per heavy atom. The smallest absolute Gasteiger partial charge is 0.306 e. The minimum Gasteiger partial charge on any atom is -0.461 e. The lowest BCUT2D eigenvalue weighted by Gasteiger charge is -2.24. The zero-order valence-corrected chi connectivity index (χ0v) is 16.7. The van der Waals surface area contributed by atoms with Crippen LogP contribution in [0.1, 0.15) is 31.7 Å². The first-order chi connectivity index (χ1) is 14.1. The van der Waals surface area contributed by atoms with Crippen LogP contribution in [0, 0.1) is 5.82 Å². The summed E-state index contributed by atoms with van der Waals surface area (Å²) in [5, 5.41) is 0. The van der Waals surface area contributed by atoms with Crippen LogP contribution in [0.5, 0.6) is 0 Å². The third kappa shape index (κ3) is 5.22. The fraction of sp³-hybridized carbons (Fsp3) is 0.304. The molecule has 0 saturated heterocycles. The van der Waals surface area contributed by atoms with Crippen molar-refractivity contribution in [3.63, 3.8) is 0 Å². The molecule has 0 aliphatic rings. The van der Waals surface area contributed by atoms with Crippen LogP contribution in [0.2, 0.25) is 0 Å². The average Bonchev–Trinajstić information content (AvgIpc) is 3.21. The van der Waals surface area contributed by atoms with E-state index in [0.29, 0.717) is 23.6 Å². The SMILES string of the molecule is CCN(CC)c1ccccc1COC(=O)CCc1ncc(-c2ccccc2F)o1. The van der Waals surface area contributed by atoms with Crippen molar-refractivity contribution in [1.82, 2.24) is 4.98 Å². The first-order valence-electron chi connectivity index (χ1n) is 9.80. The van der Waals surface area contributed by atoms with Crippen LogP contribution in [-0.2, 0) is 22.6 Å². The molecule has 0 fully saturated rings. The van der Waals surface area contributed by atoms with Gasteiger partial charge in [0.15, 0.2) is 11.7 Å². The molecule has 0 aliphatic carbocycles. The summed E-state index contributed by atoms with van der Waals surface area (Å²) in [6.07, 6.45) is 1.91. The normalized spacial score (nSPS) is 10.7. The van der Waals surface area contributed by atoms with E-state index in [1.165, 1.54) is 12.3 Å². The third-order valence-corrected chi connectivity index (χ3v) is 4.72. The van der Waals surface area contributed by atoms with Crippen LogP contribution >= 0.6 is 0 Å². The van der Waals surface area contributed by atoms with Crippen molar-refractivity contribution in [2.45, 2.75) is 33.3 Å². The summed E-state index contributed by atoms with van der Waals surface area (Å²) in [6.45, 7) is 6.18. The molecule has 3 rings (SSSR count). The number of ether oxygens (including phenoxy) is 1. The van der Waals surface area contributed by atoms with Gasteiger partial charge in [0.25, 0.3) is 0 Å². The highest BCUT2D eigenvalue weighted by atomic mass is 19.1. The van der Waals surface area contributed by atoms with Gasteiger partial charge in [-0.2, -0.15) is 0 Å². The van der Waals surface area contributed by atoms with Gasteiger partial charge in [0.05, 0.1) is 18.2 Å². The molecular weight excluding hydrogens is 371 g/mol. The Hall–Kier alpha value is -3.15. The molecule has 0 amide bonds. The van der Waals surface area contributed by atoms with Crippen molar-refractivity contribution in [3.05, 3.63) is 72.0 Å². The number of nitrogens with zero attached hydrogens (tertiary/aromatic N) is 2. The molecule has 29 heavy (non-hydrogen) atoms. The maximum absolute atomic E-state index is 13.8. The maximum atomic E-state index is 13.8. The summed E-state index contributed by atoms with van der Waals surface area (Å²) in [7, 11) is 0. The predicted octanol–water partition coefficient (Wildman–Crippen LogP) is 5.00. The van der Waals surface area contributed by atoms with Gasteiger partial charge in [-0.05, 0) is 32.0 Å². The van der Waals surface area contributed by atoms with Crippen molar-refractivity contribution in [1.29, 1.82) is 0 Å². The van der Waals surface area contributed by atoms with Crippen molar-refractivity contribution >= 4 is 11.7 Å². The van der Waals surface area contributed by atoms with E-state index < -0.39 is 0 Å². The summed E-state index contributed by atoms with van der Waals surface area (Å²) in [4.78, 5) is 18.5. The van der Waals surface area contributed by atoms with E-state index in [1.807, 2.05) is 24.3 Å². The topological polar surface area (TPSA) is 55.6 Å². The fourth-order valence-corrected chi connectivity index (χ4v) is 3.16.